The van der Waals surface area contributed by atoms with Crippen molar-refractivity contribution in [2.75, 3.05) is 6.54 Å². The molecule has 1 unspecified atom stereocenters. The van der Waals surface area contributed by atoms with E-state index in [4.69, 9.17) is 11.6 Å². The highest BCUT2D eigenvalue weighted by atomic mass is 35.5. The third-order valence-corrected chi connectivity index (χ3v) is 4.41. The van der Waals surface area contributed by atoms with Gasteiger partial charge >= 0.3 is 0 Å². The molecule has 1 heterocycles. The molecule has 1 N–H and O–H groups in total. The summed E-state index contributed by atoms with van der Waals surface area (Å²) in [5.74, 6) is 0.390. The Labute approximate surface area is 112 Å². The maximum Gasteiger partial charge on any atom is 0.263 e. The van der Waals surface area contributed by atoms with Crippen molar-refractivity contribution in [1.29, 1.82) is 0 Å². The van der Waals surface area contributed by atoms with Crippen LogP contribution < -0.4 is 5.32 Å². The number of hydrogen-bond acceptors (Lipinski definition) is 3. The molecule has 1 aromatic heterocycles. The maximum atomic E-state index is 11.8. The van der Waals surface area contributed by atoms with E-state index in [1.165, 1.54) is 11.3 Å². The van der Waals surface area contributed by atoms with Crippen LogP contribution in [0.3, 0.4) is 0 Å². The van der Waals surface area contributed by atoms with Gasteiger partial charge in [-0.25, -0.2) is 4.98 Å². The smallest absolute Gasteiger partial charge is 0.263 e. The van der Waals surface area contributed by atoms with Crippen LogP contribution in [-0.4, -0.2) is 22.8 Å². The molecule has 0 bridgehead atoms. The van der Waals surface area contributed by atoms with Gasteiger partial charge in [0, 0.05) is 6.54 Å². The Morgan fingerprint density at radius 3 is 2.65 bits per heavy atom. The van der Waals surface area contributed by atoms with E-state index in [0.717, 1.165) is 18.5 Å². The van der Waals surface area contributed by atoms with Crippen LogP contribution in [0.5, 0.6) is 0 Å². The number of hydrogen-bond donors (Lipinski definition) is 1. The zero-order valence-corrected chi connectivity index (χ0v) is 12.1. The summed E-state index contributed by atoms with van der Waals surface area (Å²) in [4.78, 5) is 16.6. The summed E-state index contributed by atoms with van der Waals surface area (Å²) in [6, 6.07) is 0. The van der Waals surface area contributed by atoms with Crippen LogP contribution in [0.2, 0.25) is 0 Å². The second-order valence-electron chi connectivity index (χ2n) is 4.07. The Morgan fingerprint density at radius 2 is 2.18 bits per heavy atom. The maximum absolute atomic E-state index is 11.8. The van der Waals surface area contributed by atoms with Crippen LogP contribution >= 0.6 is 22.9 Å². The average Bonchev–Trinajstić information content (AvgIpc) is 2.74. The highest BCUT2D eigenvalue weighted by molar-refractivity contribution is 7.11. The van der Waals surface area contributed by atoms with Crippen molar-refractivity contribution >= 4 is 28.8 Å². The van der Waals surface area contributed by atoms with Crippen molar-refractivity contribution in [3.05, 3.63) is 16.1 Å². The molecule has 96 valence electrons. The molecule has 1 aromatic rings. The average molecular weight is 275 g/mol. The van der Waals surface area contributed by atoms with Crippen molar-refractivity contribution in [3.63, 3.8) is 0 Å². The molecule has 0 fully saturated rings. The van der Waals surface area contributed by atoms with Crippen molar-refractivity contribution in [1.82, 2.24) is 10.3 Å². The Kier molecular flexibility index (Phi) is 5.92. The largest absolute Gasteiger partial charge is 0.350 e. The molecule has 0 aliphatic rings. The number of nitrogens with zero attached hydrogens (tertiary/aromatic N) is 1. The van der Waals surface area contributed by atoms with E-state index in [0.29, 0.717) is 17.3 Å². The summed E-state index contributed by atoms with van der Waals surface area (Å²) in [5, 5.41) is 2.88. The van der Waals surface area contributed by atoms with Crippen LogP contribution in [0.1, 0.15) is 42.1 Å². The first-order chi connectivity index (χ1) is 8.10. The van der Waals surface area contributed by atoms with Crippen molar-refractivity contribution in [2.45, 2.75) is 39.0 Å². The normalized spacial score (nSPS) is 12.8. The fourth-order valence-electron chi connectivity index (χ4n) is 1.76. The molecular formula is C12H19ClN2OS. The molecule has 17 heavy (non-hydrogen) atoms. The van der Waals surface area contributed by atoms with Gasteiger partial charge in [-0.15, -0.1) is 22.9 Å². The lowest BCUT2D eigenvalue weighted by molar-refractivity contribution is 0.0955. The molecule has 0 aliphatic heterocycles. The predicted octanol–water partition coefficient (Wildman–Crippen LogP) is 3.22. The van der Waals surface area contributed by atoms with Gasteiger partial charge in [0.1, 0.15) is 4.88 Å². The number of alkyl halides is 1. The van der Waals surface area contributed by atoms with Gasteiger partial charge in [-0.3, -0.25) is 4.79 Å². The first-order valence-corrected chi connectivity index (χ1v) is 7.24. The topological polar surface area (TPSA) is 42.0 Å². The van der Waals surface area contributed by atoms with E-state index in [1.807, 2.05) is 6.92 Å². The van der Waals surface area contributed by atoms with Crippen LogP contribution in [0, 0.1) is 12.8 Å². The fourth-order valence-corrected chi connectivity index (χ4v) is 2.91. The highest BCUT2D eigenvalue weighted by Crippen LogP contribution is 2.18. The second kappa shape index (κ2) is 6.97. The summed E-state index contributed by atoms with van der Waals surface area (Å²) < 4.78 is 0. The minimum atomic E-state index is -0.0680. The Morgan fingerprint density at radius 1 is 1.53 bits per heavy atom. The molecule has 1 amide bonds. The number of aromatic nitrogens is 1. The Bertz CT molecular complexity index is 363. The minimum Gasteiger partial charge on any atom is -0.350 e. The number of halogens is 1. The third-order valence-electron chi connectivity index (χ3n) is 2.97. The molecule has 1 rings (SSSR count). The molecule has 1 atom stereocenters. The van der Waals surface area contributed by atoms with Gasteiger partial charge in [0.25, 0.3) is 5.91 Å². The van der Waals surface area contributed by atoms with Gasteiger partial charge in [0.15, 0.2) is 0 Å². The van der Waals surface area contributed by atoms with Crippen molar-refractivity contribution in [2.24, 2.45) is 5.92 Å². The predicted molar refractivity (Wildman–Crippen MR) is 72.9 cm³/mol. The molecule has 0 spiro atoms. The number of carbonyl (C=O) groups is 1. The number of nitrogens with one attached hydrogen (secondary N) is 1. The summed E-state index contributed by atoms with van der Waals surface area (Å²) in [7, 11) is 0. The van der Waals surface area contributed by atoms with Crippen LogP contribution in [-0.2, 0) is 0 Å². The number of rotatable bonds is 6. The van der Waals surface area contributed by atoms with E-state index < -0.39 is 0 Å². The van der Waals surface area contributed by atoms with Gasteiger partial charge in [-0.2, -0.15) is 0 Å². The Balaban J connectivity index is 2.46. The molecular weight excluding hydrogens is 256 g/mol. The lowest BCUT2D eigenvalue weighted by Crippen LogP contribution is -2.33. The Hall–Kier alpha value is -0.610. The van der Waals surface area contributed by atoms with Gasteiger partial charge in [0.05, 0.1) is 16.6 Å². The zero-order chi connectivity index (χ0) is 12.8. The van der Waals surface area contributed by atoms with Gasteiger partial charge in [-0.1, -0.05) is 26.7 Å². The molecule has 5 heteroatoms. The van der Waals surface area contributed by atoms with E-state index in [2.05, 4.69) is 24.1 Å². The number of amides is 1. The quantitative estimate of drug-likeness (QED) is 0.810. The monoisotopic (exact) mass is 274 g/mol. The van der Waals surface area contributed by atoms with E-state index in [9.17, 15) is 4.79 Å². The van der Waals surface area contributed by atoms with E-state index in [-0.39, 0.29) is 11.3 Å². The fraction of sp³-hybridized carbons (Fsp3) is 0.667. The lowest BCUT2D eigenvalue weighted by Gasteiger charge is -2.19. The lowest BCUT2D eigenvalue weighted by atomic mass is 9.99. The third kappa shape index (κ3) is 3.96. The van der Waals surface area contributed by atoms with E-state index in [1.54, 1.807) is 5.51 Å². The number of thiazole rings is 1. The standard InChI is InChI=1S/C12H19ClN2OS/c1-4-9(5-2)10(13)6-14-12(16)11-8(3)15-7-17-11/h7,9-10H,4-6H2,1-3H3,(H,14,16). The molecule has 0 aromatic carbocycles. The summed E-state index contributed by atoms with van der Waals surface area (Å²) in [5.41, 5.74) is 2.46. The molecule has 0 saturated heterocycles. The highest BCUT2D eigenvalue weighted by Gasteiger charge is 2.18. The summed E-state index contributed by atoms with van der Waals surface area (Å²) in [6.07, 6.45) is 2.08. The zero-order valence-electron chi connectivity index (χ0n) is 10.5. The van der Waals surface area contributed by atoms with Gasteiger partial charge in [-0.05, 0) is 12.8 Å². The SMILES string of the molecule is CCC(CC)C(Cl)CNC(=O)c1scnc1C. The molecule has 0 saturated carbocycles. The van der Waals surface area contributed by atoms with Crippen LogP contribution in [0.15, 0.2) is 5.51 Å². The molecule has 0 radical (unpaired) electrons. The summed E-state index contributed by atoms with van der Waals surface area (Å²) in [6.45, 7) is 6.60. The number of aryl methyl sites for hydroxylation is 1. The van der Waals surface area contributed by atoms with Crippen molar-refractivity contribution in [3.8, 4) is 0 Å². The van der Waals surface area contributed by atoms with Crippen LogP contribution in [0.25, 0.3) is 0 Å². The summed E-state index contributed by atoms with van der Waals surface area (Å²) >= 11 is 7.63. The molecule has 3 nitrogen and oxygen atoms in total. The van der Waals surface area contributed by atoms with Crippen molar-refractivity contribution < 1.29 is 4.79 Å². The molecule has 0 aliphatic carbocycles. The van der Waals surface area contributed by atoms with Gasteiger partial charge in [0.2, 0.25) is 0 Å². The van der Waals surface area contributed by atoms with Crippen LogP contribution in [0.4, 0.5) is 0 Å². The second-order valence-corrected chi connectivity index (χ2v) is 5.48. The van der Waals surface area contributed by atoms with Gasteiger partial charge < -0.3 is 5.32 Å². The number of carbonyl (C=O) groups excluding carboxylic acids is 1. The minimum absolute atomic E-state index is 0.00202. The van der Waals surface area contributed by atoms with E-state index >= 15 is 0 Å². The first kappa shape index (κ1) is 14.5. The first-order valence-electron chi connectivity index (χ1n) is 5.92.